The van der Waals surface area contributed by atoms with Crippen LogP contribution in [0.4, 0.5) is 5.95 Å². The Labute approximate surface area is 104 Å². The summed E-state index contributed by atoms with van der Waals surface area (Å²) in [6, 6.07) is 7.78. The van der Waals surface area contributed by atoms with Crippen molar-refractivity contribution < 1.29 is 0 Å². The van der Waals surface area contributed by atoms with E-state index >= 15 is 0 Å². The zero-order valence-corrected chi connectivity index (χ0v) is 10.0. The normalized spacial score (nSPS) is 10.9. The molecule has 3 heterocycles. The van der Waals surface area contributed by atoms with Crippen LogP contribution in [0.3, 0.4) is 0 Å². The fourth-order valence-corrected chi connectivity index (χ4v) is 1.94. The number of nitrogens with zero attached hydrogens (tertiary/aromatic N) is 4. The average molecular weight is 239 g/mol. The number of anilines is 1. The highest BCUT2D eigenvalue weighted by Gasteiger charge is 2.10. The van der Waals surface area contributed by atoms with E-state index in [0.29, 0.717) is 12.5 Å². The van der Waals surface area contributed by atoms with Crippen LogP contribution < -0.4 is 5.73 Å². The molecule has 0 unspecified atom stereocenters. The lowest BCUT2D eigenvalue weighted by atomic mass is 10.3. The smallest absolute Gasteiger partial charge is 0.202 e. The number of hydrogen-bond donors (Lipinski definition) is 1. The molecule has 0 radical (unpaired) electrons. The lowest BCUT2D eigenvalue weighted by molar-refractivity contribution is 0.800. The molecule has 2 N–H and O–H groups in total. The highest BCUT2D eigenvalue weighted by Crippen LogP contribution is 2.17. The maximum atomic E-state index is 5.94. The molecule has 0 amide bonds. The molecule has 0 spiro atoms. The molecule has 5 heteroatoms. The van der Waals surface area contributed by atoms with Crippen molar-refractivity contribution in [1.29, 1.82) is 0 Å². The van der Waals surface area contributed by atoms with Crippen LogP contribution in [0.2, 0.25) is 0 Å². The van der Waals surface area contributed by atoms with E-state index in [-0.39, 0.29) is 0 Å². The van der Waals surface area contributed by atoms with Crippen LogP contribution in [0.25, 0.3) is 11.2 Å². The zero-order valence-electron chi connectivity index (χ0n) is 10.0. The molecule has 90 valence electrons. The van der Waals surface area contributed by atoms with Crippen LogP contribution in [0, 0.1) is 6.92 Å². The third-order valence-electron chi connectivity index (χ3n) is 2.80. The van der Waals surface area contributed by atoms with Crippen molar-refractivity contribution in [3.8, 4) is 0 Å². The van der Waals surface area contributed by atoms with Gasteiger partial charge in [0.25, 0.3) is 0 Å². The van der Waals surface area contributed by atoms with E-state index < -0.39 is 0 Å². The van der Waals surface area contributed by atoms with E-state index in [1.807, 2.05) is 42.0 Å². The second kappa shape index (κ2) is 4.10. The molecular weight excluding hydrogens is 226 g/mol. The van der Waals surface area contributed by atoms with Crippen molar-refractivity contribution in [2.45, 2.75) is 13.5 Å². The topological polar surface area (TPSA) is 69.6 Å². The largest absolute Gasteiger partial charge is 0.369 e. The number of fused-ring (bicyclic) bond motifs is 1. The van der Waals surface area contributed by atoms with Gasteiger partial charge in [-0.3, -0.25) is 9.55 Å². The molecule has 0 bridgehead atoms. The SMILES string of the molecule is Cc1cnc2c(c1)nc(N)n2Cc1ccccn1. The molecule has 0 aliphatic heterocycles. The summed E-state index contributed by atoms with van der Waals surface area (Å²) in [5.74, 6) is 0.466. The van der Waals surface area contributed by atoms with Crippen LogP contribution in [0.15, 0.2) is 36.7 Å². The highest BCUT2D eigenvalue weighted by atomic mass is 15.2. The predicted octanol–water partition coefficient (Wildman–Crippen LogP) is 1.77. The zero-order chi connectivity index (χ0) is 12.5. The maximum absolute atomic E-state index is 5.94. The predicted molar refractivity (Wildman–Crippen MR) is 70.0 cm³/mol. The minimum Gasteiger partial charge on any atom is -0.369 e. The molecule has 0 saturated carbocycles. The van der Waals surface area contributed by atoms with E-state index in [4.69, 9.17) is 5.73 Å². The summed E-state index contributed by atoms with van der Waals surface area (Å²) in [5, 5.41) is 0. The number of nitrogens with two attached hydrogens (primary N) is 1. The monoisotopic (exact) mass is 239 g/mol. The molecule has 0 aliphatic carbocycles. The van der Waals surface area contributed by atoms with Crippen molar-refractivity contribution >= 4 is 17.1 Å². The number of aryl methyl sites for hydroxylation is 1. The van der Waals surface area contributed by atoms with Gasteiger partial charge in [-0.1, -0.05) is 6.07 Å². The second-order valence-electron chi connectivity index (χ2n) is 4.23. The Hall–Kier alpha value is -2.43. The minimum atomic E-state index is 0.466. The van der Waals surface area contributed by atoms with E-state index in [9.17, 15) is 0 Å². The lowest BCUT2D eigenvalue weighted by Gasteiger charge is -2.04. The Kier molecular flexibility index (Phi) is 2.44. The molecule has 5 nitrogen and oxygen atoms in total. The molecule has 0 fully saturated rings. The van der Waals surface area contributed by atoms with Gasteiger partial charge >= 0.3 is 0 Å². The Morgan fingerprint density at radius 3 is 2.94 bits per heavy atom. The van der Waals surface area contributed by atoms with E-state index in [0.717, 1.165) is 22.4 Å². The first kappa shape index (κ1) is 10.7. The number of rotatable bonds is 2. The van der Waals surface area contributed by atoms with Crippen LogP contribution in [-0.4, -0.2) is 19.5 Å². The minimum absolute atomic E-state index is 0.466. The third kappa shape index (κ3) is 1.79. The van der Waals surface area contributed by atoms with E-state index in [1.54, 1.807) is 6.20 Å². The van der Waals surface area contributed by atoms with Crippen molar-refractivity contribution in [3.05, 3.63) is 47.9 Å². The van der Waals surface area contributed by atoms with E-state index in [1.165, 1.54) is 0 Å². The summed E-state index contributed by atoms with van der Waals surface area (Å²) in [6.07, 6.45) is 3.58. The Morgan fingerprint density at radius 2 is 2.17 bits per heavy atom. The van der Waals surface area contributed by atoms with Gasteiger partial charge in [0.15, 0.2) is 5.65 Å². The van der Waals surface area contributed by atoms with Crippen LogP contribution in [0.1, 0.15) is 11.3 Å². The summed E-state index contributed by atoms with van der Waals surface area (Å²) in [6.45, 7) is 2.57. The van der Waals surface area contributed by atoms with Crippen LogP contribution in [-0.2, 0) is 6.54 Å². The van der Waals surface area contributed by atoms with Gasteiger partial charge in [0.2, 0.25) is 5.95 Å². The number of nitrogen functional groups attached to an aromatic ring is 1. The molecule has 0 aliphatic rings. The average Bonchev–Trinajstić information content (AvgIpc) is 2.66. The number of imidazole rings is 1. The van der Waals surface area contributed by atoms with Gasteiger partial charge in [-0.15, -0.1) is 0 Å². The van der Waals surface area contributed by atoms with Gasteiger partial charge < -0.3 is 5.73 Å². The number of pyridine rings is 2. The summed E-state index contributed by atoms with van der Waals surface area (Å²) in [5.41, 5.74) is 9.56. The first-order valence-electron chi connectivity index (χ1n) is 5.72. The van der Waals surface area contributed by atoms with Crippen LogP contribution >= 0.6 is 0 Å². The van der Waals surface area contributed by atoms with Crippen molar-refractivity contribution in [2.24, 2.45) is 0 Å². The van der Waals surface area contributed by atoms with E-state index in [2.05, 4.69) is 15.0 Å². The molecule has 3 aromatic rings. The van der Waals surface area contributed by atoms with Gasteiger partial charge in [0, 0.05) is 12.4 Å². The number of aromatic nitrogens is 4. The summed E-state index contributed by atoms with van der Waals surface area (Å²) in [4.78, 5) is 13.0. The highest BCUT2D eigenvalue weighted by molar-refractivity contribution is 5.74. The first-order chi connectivity index (χ1) is 8.74. The van der Waals surface area contributed by atoms with Gasteiger partial charge in [0.05, 0.1) is 12.2 Å². The fourth-order valence-electron chi connectivity index (χ4n) is 1.94. The molecular formula is C13H13N5. The van der Waals surface area contributed by atoms with Gasteiger partial charge in [-0.05, 0) is 30.7 Å². The standard InChI is InChI=1S/C13H13N5/c1-9-6-11-12(16-7-9)18(13(14)17-11)8-10-4-2-3-5-15-10/h2-7H,8H2,1H3,(H2,14,17). The van der Waals surface area contributed by atoms with Crippen LogP contribution in [0.5, 0.6) is 0 Å². The quantitative estimate of drug-likeness (QED) is 0.739. The Morgan fingerprint density at radius 1 is 1.28 bits per heavy atom. The first-order valence-corrected chi connectivity index (χ1v) is 5.72. The molecule has 3 rings (SSSR count). The van der Waals surface area contributed by atoms with Gasteiger partial charge in [-0.25, -0.2) is 9.97 Å². The van der Waals surface area contributed by atoms with Gasteiger partial charge in [-0.2, -0.15) is 0 Å². The molecule has 18 heavy (non-hydrogen) atoms. The lowest BCUT2D eigenvalue weighted by Crippen LogP contribution is -2.06. The summed E-state index contributed by atoms with van der Waals surface area (Å²) in [7, 11) is 0. The molecule has 3 aromatic heterocycles. The fraction of sp³-hybridized carbons (Fsp3) is 0.154. The Bertz CT molecular complexity index is 687. The Balaban J connectivity index is 2.09. The molecule has 0 atom stereocenters. The molecule has 0 aromatic carbocycles. The number of hydrogen-bond acceptors (Lipinski definition) is 4. The molecule has 0 saturated heterocycles. The summed E-state index contributed by atoms with van der Waals surface area (Å²) >= 11 is 0. The van der Waals surface area contributed by atoms with Crippen molar-refractivity contribution in [3.63, 3.8) is 0 Å². The summed E-state index contributed by atoms with van der Waals surface area (Å²) < 4.78 is 1.87. The van der Waals surface area contributed by atoms with Gasteiger partial charge in [0.1, 0.15) is 5.52 Å². The van der Waals surface area contributed by atoms with Crippen molar-refractivity contribution in [2.75, 3.05) is 5.73 Å². The van der Waals surface area contributed by atoms with Crippen molar-refractivity contribution in [1.82, 2.24) is 19.5 Å². The maximum Gasteiger partial charge on any atom is 0.202 e. The second-order valence-corrected chi connectivity index (χ2v) is 4.23. The third-order valence-corrected chi connectivity index (χ3v) is 2.80.